The molecule has 1 aromatic carbocycles. The minimum atomic E-state index is -0.366. The van der Waals surface area contributed by atoms with Gasteiger partial charge in [-0.3, -0.25) is 14.7 Å². The summed E-state index contributed by atoms with van der Waals surface area (Å²) >= 11 is 0. The number of aromatic amines is 1. The predicted molar refractivity (Wildman–Crippen MR) is 101 cm³/mol. The standard InChI is InChI=1S/C20H21N5O2/c1-12(2)18(14-7-5-4-6-8-14)24-17(26)9-16-13(3)23-19-15(10-21)11-22-25(19)20(16)27/h4-8,11-12,18,22H,9H2,1-3H3,(H,24,26)/t18-/m0/s1. The van der Waals surface area contributed by atoms with Crippen LogP contribution in [0.25, 0.3) is 5.65 Å². The first kappa shape index (κ1) is 18.4. The van der Waals surface area contributed by atoms with Crippen LogP contribution in [0.3, 0.4) is 0 Å². The molecule has 0 aliphatic heterocycles. The van der Waals surface area contributed by atoms with Gasteiger partial charge in [-0.2, -0.15) is 5.26 Å². The van der Waals surface area contributed by atoms with Crippen molar-refractivity contribution in [1.29, 1.82) is 5.26 Å². The van der Waals surface area contributed by atoms with E-state index in [0.717, 1.165) is 5.56 Å². The molecule has 3 aromatic rings. The van der Waals surface area contributed by atoms with E-state index in [-0.39, 0.29) is 41.1 Å². The Kier molecular flexibility index (Phi) is 5.08. The number of amides is 1. The third kappa shape index (κ3) is 3.60. The topological polar surface area (TPSA) is 103 Å². The third-order valence-electron chi connectivity index (χ3n) is 4.56. The van der Waals surface area contributed by atoms with E-state index >= 15 is 0 Å². The maximum Gasteiger partial charge on any atom is 0.276 e. The van der Waals surface area contributed by atoms with Gasteiger partial charge in [-0.05, 0) is 18.4 Å². The van der Waals surface area contributed by atoms with Crippen LogP contribution in [-0.4, -0.2) is 20.5 Å². The molecule has 1 amide bonds. The highest BCUT2D eigenvalue weighted by Crippen LogP contribution is 2.21. The molecule has 138 valence electrons. The van der Waals surface area contributed by atoms with Crippen molar-refractivity contribution in [3.8, 4) is 6.07 Å². The third-order valence-corrected chi connectivity index (χ3v) is 4.56. The number of fused-ring (bicyclic) bond motifs is 1. The SMILES string of the molecule is Cc1nc2c(C#N)c[nH]n2c(=O)c1CC(=O)N[C@H](c1ccccc1)C(C)C. The van der Waals surface area contributed by atoms with Gasteiger partial charge >= 0.3 is 0 Å². The van der Waals surface area contributed by atoms with Crippen molar-refractivity contribution >= 4 is 11.6 Å². The molecule has 27 heavy (non-hydrogen) atoms. The van der Waals surface area contributed by atoms with Gasteiger partial charge in [0.15, 0.2) is 5.65 Å². The monoisotopic (exact) mass is 363 g/mol. The fourth-order valence-electron chi connectivity index (χ4n) is 3.12. The Morgan fingerprint density at radius 2 is 2.04 bits per heavy atom. The van der Waals surface area contributed by atoms with Crippen LogP contribution in [0.4, 0.5) is 0 Å². The van der Waals surface area contributed by atoms with Crippen molar-refractivity contribution in [2.75, 3.05) is 0 Å². The summed E-state index contributed by atoms with van der Waals surface area (Å²) in [5.74, 6) is -0.0488. The Hall–Kier alpha value is -3.40. The molecule has 0 saturated heterocycles. The van der Waals surface area contributed by atoms with Gasteiger partial charge in [-0.1, -0.05) is 44.2 Å². The minimum Gasteiger partial charge on any atom is -0.349 e. The lowest BCUT2D eigenvalue weighted by atomic mass is 9.95. The van der Waals surface area contributed by atoms with Gasteiger partial charge in [0, 0.05) is 17.5 Å². The molecule has 7 nitrogen and oxygen atoms in total. The molecule has 3 rings (SSSR count). The van der Waals surface area contributed by atoms with E-state index in [1.54, 1.807) is 6.92 Å². The summed E-state index contributed by atoms with van der Waals surface area (Å²) < 4.78 is 1.20. The lowest BCUT2D eigenvalue weighted by Crippen LogP contribution is -2.35. The number of benzene rings is 1. The maximum atomic E-state index is 12.7. The number of nitrogens with one attached hydrogen (secondary N) is 2. The number of H-pyrrole nitrogens is 1. The van der Waals surface area contributed by atoms with Gasteiger partial charge < -0.3 is 5.32 Å². The number of aryl methyl sites for hydroxylation is 1. The second kappa shape index (κ2) is 7.46. The van der Waals surface area contributed by atoms with E-state index in [1.165, 1.54) is 10.7 Å². The highest BCUT2D eigenvalue weighted by molar-refractivity contribution is 5.79. The Balaban J connectivity index is 1.88. The van der Waals surface area contributed by atoms with Gasteiger partial charge in [-0.25, -0.2) is 9.50 Å². The van der Waals surface area contributed by atoms with Crippen molar-refractivity contribution in [2.45, 2.75) is 33.2 Å². The first-order valence-corrected chi connectivity index (χ1v) is 8.76. The number of hydrogen-bond donors (Lipinski definition) is 2. The Labute approximate surface area is 156 Å². The zero-order chi connectivity index (χ0) is 19.6. The molecule has 1 atom stereocenters. The van der Waals surface area contributed by atoms with Crippen molar-refractivity contribution in [3.63, 3.8) is 0 Å². The molecular formula is C20H21N5O2. The summed E-state index contributed by atoms with van der Waals surface area (Å²) in [7, 11) is 0. The van der Waals surface area contributed by atoms with Crippen molar-refractivity contribution in [3.05, 3.63) is 69.3 Å². The van der Waals surface area contributed by atoms with Crippen LogP contribution < -0.4 is 10.9 Å². The Bertz CT molecular complexity index is 1070. The fourth-order valence-corrected chi connectivity index (χ4v) is 3.12. The largest absolute Gasteiger partial charge is 0.349 e. The van der Waals surface area contributed by atoms with Gasteiger partial charge in [0.05, 0.1) is 12.5 Å². The molecule has 0 aliphatic carbocycles. The summed E-state index contributed by atoms with van der Waals surface area (Å²) in [6.07, 6.45) is 1.36. The van der Waals surface area contributed by atoms with Gasteiger partial charge in [0.2, 0.25) is 5.91 Å². The van der Waals surface area contributed by atoms with E-state index in [1.807, 2.05) is 50.2 Å². The maximum absolute atomic E-state index is 12.7. The first-order chi connectivity index (χ1) is 12.9. The molecule has 2 aromatic heterocycles. The van der Waals surface area contributed by atoms with Crippen LogP contribution in [0.2, 0.25) is 0 Å². The fraction of sp³-hybridized carbons (Fsp3) is 0.300. The second-order valence-corrected chi connectivity index (χ2v) is 6.82. The molecule has 2 N–H and O–H groups in total. The Morgan fingerprint density at radius 3 is 2.67 bits per heavy atom. The van der Waals surface area contributed by atoms with Gasteiger partial charge in [-0.15, -0.1) is 0 Å². The molecule has 2 heterocycles. The summed E-state index contributed by atoms with van der Waals surface area (Å²) in [6, 6.07) is 11.6. The summed E-state index contributed by atoms with van der Waals surface area (Å²) in [5, 5.41) is 14.8. The number of rotatable bonds is 5. The predicted octanol–water partition coefficient (Wildman–Crippen LogP) is 2.26. The molecule has 0 bridgehead atoms. The van der Waals surface area contributed by atoms with Crippen LogP contribution >= 0.6 is 0 Å². The van der Waals surface area contributed by atoms with Crippen molar-refractivity contribution in [2.24, 2.45) is 5.92 Å². The van der Waals surface area contributed by atoms with E-state index in [2.05, 4.69) is 15.4 Å². The zero-order valence-corrected chi connectivity index (χ0v) is 15.5. The van der Waals surface area contributed by atoms with Gasteiger partial charge in [0.25, 0.3) is 5.56 Å². The average Bonchev–Trinajstić information content (AvgIpc) is 3.06. The van der Waals surface area contributed by atoms with Crippen LogP contribution in [0.5, 0.6) is 0 Å². The smallest absolute Gasteiger partial charge is 0.276 e. The molecule has 0 aliphatic rings. The Morgan fingerprint density at radius 1 is 1.33 bits per heavy atom. The van der Waals surface area contributed by atoms with E-state index in [4.69, 9.17) is 5.26 Å². The number of carbonyl (C=O) groups excluding carboxylic acids is 1. The van der Waals surface area contributed by atoms with E-state index in [9.17, 15) is 9.59 Å². The zero-order valence-electron chi connectivity index (χ0n) is 15.5. The highest BCUT2D eigenvalue weighted by Gasteiger charge is 2.21. The van der Waals surface area contributed by atoms with E-state index < -0.39 is 0 Å². The normalized spacial score (nSPS) is 12.1. The van der Waals surface area contributed by atoms with E-state index in [0.29, 0.717) is 11.3 Å². The van der Waals surface area contributed by atoms with Crippen molar-refractivity contribution < 1.29 is 4.79 Å². The minimum absolute atomic E-state index is 0.0719. The van der Waals surface area contributed by atoms with Crippen molar-refractivity contribution in [1.82, 2.24) is 19.9 Å². The molecule has 0 unspecified atom stereocenters. The van der Waals surface area contributed by atoms with Crippen LogP contribution in [0.1, 0.15) is 42.3 Å². The molecule has 7 heteroatoms. The number of carbonyl (C=O) groups is 1. The molecule has 0 saturated carbocycles. The summed E-state index contributed by atoms with van der Waals surface area (Å²) in [6.45, 7) is 5.75. The average molecular weight is 363 g/mol. The summed E-state index contributed by atoms with van der Waals surface area (Å²) in [4.78, 5) is 29.7. The lowest BCUT2D eigenvalue weighted by molar-refractivity contribution is -0.121. The van der Waals surface area contributed by atoms with Crippen LogP contribution in [0, 0.1) is 24.2 Å². The molecule has 0 spiro atoms. The van der Waals surface area contributed by atoms with Crippen LogP contribution in [0.15, 0.2) is 41.3 Å². The lowest BCUT2D eigenvalue weighted by Gasteiger charge is -2.23. The quantitative estimate of drug-likeness (QED) is 0.725. The van der Waals surface area contributed by atoms with Crippen LogP contribution in [-0.2, 0) is 11.2 Å². The number of nitrogens with zero attached hydrogens (tertiary/aromatic N) is 3. The number of nitriles is 1. The molecule has 0 fully saturated rings. The number of hydrogen-bond acceptors (Lipinski definition) is 4. The van der Waals surface area contributed by atoms with Gasteiger partial charge in [0.1, 0.15) is 11.6 Å². The highest BCUT2D eigenvalue weighted by atomic mass is 16.2. The summed E-state index contributed by atoms with van der Waals surface area (Å²) in [5.41, 5.74) is 1.98. The molecule has 0 radical (unpaired) electrons. The first-order valence-electron chi connectivity index (χ1n) is 8.76. The molecular weight excluding hydrogens is 342 g/mol. The number of aromatic nitrogens is 3. The second-order valence-electron chi connectivity index (χ2n) is 6.82.